The molecule has 0 bridgehead atoms. The number of fused-ring (bicyclic) bond motifs is 1. The molecule has 2 fully saturated rings. The van der Waals surface area contributed by atoms with Crippen molar-refractivity contribution in [2.45, 2.75) is 30.8 Å². The summed E-state index contributed by atoms with van der Waals surface area (Å²) >= 11 is 3.61. The number of nitrogens with one attached hydrogen (secondary N) is 1. The Balaban J connectivity index is 1.68. The molecule has 3 N–H and O–H groups in total. The van der Waals surface area contributed by atoms with Crippen LogP contribution in [0.4, 0.5) is 5.95 Å². The normalized spacial score (nSPS) is 29.9. The third kappa shape index (κ3) is 2.73. The van der Waals surface area contributed by atoms with Gasteiger partial charge in [-0.05, 0) is 23.4 Å². The van der Waals surface area contributed by atoms with Gasteiger partial charge in [0, 0.05) is 41.5 Å². The molecule has 5 nitrogen and oxygen atoms in total. The number of nitrogens with two attached hydrogens (primary N) is 1. The summed E-state index contributed by atoms with van der Waals surface area (Å²) in [6.45, 7) is 6.17. The highest BCUT2D eigenvalue weighted by Gasteiger charge is 2.52. The van der Waals surface area contributed by atoms with Crippen molar-refractivity contribution in [3.8, 4) is 0 Å². The second-order valence-corrected chi connectivity index (χ2v) is 8.98. The van der Waals surface area contributed by atoms with Crippen molar-refractivity contribution >= 4 is 29.0 Å². The molecule has 2 aliphatic rings. The first-order valence-corrected chi connectivity index (χ1v) is 10.3. The SMILES string of the molecule is CC(C)c1ccnc(N2C[C@H]3CSC(N)N[C@@]3(c3cccs3)C2)n1. The van der Waals surface area contributed by atoms with E-state index in [4.69, 9.17) is 10.7 Å². The average Bonchev–Trinajstić information content (AvgIpc) is 3.22. The smallest absolute Gasteiger partial charge is 0.225 e. The van der Waals surface area contributed by atoms with Crippen LogP contribution in [0.3, 0.4) is 0 Å². The molecule has 1 unspecified atom stereocenters. The van der Waals surface area contributed by atoms with Gasteiger partial charge in [-0.3, -0.25) is 5.32 Å². The summed E-state index contributed by atoms with van der Waals surface area (Å²) in [7, 11) is 0. The molecule has 3 atom stereocenters. The van der Waals surface area contributed by atoms with Crippen LogP contribution in [0.2, 0.25) is 0 Å². The molecular weight excluding hydrogens is 338 g/mol. The molecule has 128 valence electrons. The number of anilines is 1. The van der Waals surface area contributed by atoms with E-state index in [-0.39, 0.29) is 11.0 Å². The zero-order valence-corrected chi connectivity index (χ0v) is 15.6. The lowest BCUT2D eigenvalue weighted by Crippen LogP contribution is -2.58. The molecule has 24 heavy (non-hydrogen) atoms. The molecule has 2 aliphatic heterocycles. The van der Waals surface area contributed by atoms with E-state index in [0.29, 0.717) is 11.8 Å². The first-order valence-electron chi connectivity index (χ1n) is 8.35. The highest BCUT2D eigenvalue weighted by molar-refractivity contribution is 7.99. The fourth-order valence-corrected chi connectivity index (χ4v) is 5.75. The number of thiophene rings is 1. The van der Waals surface area contributed by atoms with E-state index < -0.39 is 0 Å². The molecule has 0 saturated carbocycles. The van der Waals surface area contributed by atoms with Crippen molar-refractivity contribution in [1.29, 1.82) is 0 Å². The number of aromatic nitrogens is 2. The standard InChI is InChI=1S/C17H23N5S2/c1-11(2)13-5-6-19-16(20-13)22-8-12-9-24-15(18)21-17(12,10-22)14-4-3-7-23-14/h3-7,11-12,15,21H,8-10,18H2,1-2H3/t12-,15?,17-/m0/s1. The summed E-state index contributed by atoms with van der Waals surface area (Å²) in [6, 6.07) is 6.36. The number of rotatable bonds is 3. The van der Waals surface area contributed by atoms with Gasteiger partial charge in [0.05, 0.1) is 5.54 Å². The van der Waals surface area contributed by atoms with E-state index >= 15 is 0 Å². The minimum absolute atomic E-state index is 0.0220. The molecule has 7 heteroatoms. The van der Waals surface area contributed by atoms with Crippen LogP contribution in [-0.2, 0) is 5.54 Å². The lowest BCUT2D eigenvalue weighted by atomic mass is 9.86. The molecule has 2 aromatic heterocycles. The number of nitrogens with zero attached hydrogens (tertiary/aromatic N) is 3. The largest absolute Gasteiger partial charge is 0.338 e. The van der Waals surface area contributed by atoms with Gasteiger partial charge in [0.15, 0.2) is 0 Å². The van der Waals surface area contributed by atoms with Crippen molar-refractivity contribution in [3.63, 3.8) is 0 Å². The van der Waals surface area contributed by atoms with Crippen LogP contribution >= 0.6 is 23.1 Å². The molecule has 0 spiro atoms. The summed E-state index contributed by atoms with van der Waals surface area (Å²) in [5, 5.41) is 5.83. The lowest BCUT2D eigenvalue weighted by molar-refractivity contribution is 0.280. The Labute approximate surface area is 151 Å². The summed E-state index contributed by atoms with van der Waals surface area (Å²) in [4.78, 5) is 13.0. The average molecular weight is 362 g/mol. The predicted octanol–water partition coefficient (Wildman–Crippen LogP) is 2.57. The second-order valence-electron chi connectivity index (χ2n) is 6.86. The fraction of sp³-hybridized carbons (Fsp3) is 0.529. The maximum atomic E-state index is 6.24. The molecule has 0 amide bonds. The third-order valence-electron chi connectivity index (χ3n) is 4.95. The van der Waals surface area contributed by atoms with Crippen LogP contribution in [0.25, 0.3) is 0 Å². The Morgan fingerprint density at radius 2 is 2.29 bits per heavy atom. The minimum atomic E-state index is -0.0873. The molecule has 0 aliphatic carbocycles. The Kier molecular flexibility index (Phi) is 4.28. The Morgan fingerprint density at radius 1 is 1.42 bits per heavy atom. The molecule has 2 aromatic rings. The highest BCUT2D eigenvalue weighted by atomic mass is 32.2. The third-order valence-corrected chi connectivity index (χ3v) is 7.07. The zero-order chi connectivity index (χ0) is 16.7. The van der Waals surface area contributed by atoms with Gasteiger partial charge in [-0.1, -0.05) is 19.9 Å². The molecule has 4 rings (SSSR count). The molecule has 0 aromatic carbocycles. The molecule has 2 saturated heterocycles. The van der Waals surface area contributed by atoms with Crippen molar-refractivity contribution in [2.24, 2.45) is 11.7 Å². The molecule has 4 heterocycles. The van der Waals surface area contributed by atoms with Crippen LogP contribution in [-0.4, -0.2) is 34.3 Å². The van der Waals surface area contributed by atoms with Crippen LogP contribution < -0.4 is 16.0 Å². The molecule has 0 radical (unpaired) electrons. The number of hydrogen-bond acceptors (Lipinski definition) is 7. The van der Waals surface area contributed by atoms with E-state index in [2.05, 4.69) is 46.6 Å². The van der Waals surface area contributed by atoms with Gasteiger partial charge >= 0.3 is 0 Å². The Hall–Kier alpha value is -1.15. The predicted molar refractivity (Wildman–Crippen MR) is 101 cm³/mol. The van der Waals surface area contributed by atoms with Gasteiger partial charge in [-0.15, -0.1) is 23.1 Å². The van der Waals surface area contributed by atoms with Crippen LogP contribution in [0.15, 0.2) is 29.8 Å². The maximum absolute atomic E-state index is 6.24. The van der Waals surface area contributed by atoms with E-state index in [0.717, 1.165) is 30.5 Å². The summed E-state index contributed by atoms with van der Waals surface area (Å²) in [5.41, 5.74) is 7.22. The zero-order valence-electron chi connectivity index (χ0n) is 14.0. The van der Waals surface area contributed by atoms with E-state index in [1.54, 1.807) is 11.8 Å². The van der Waals surface area contributed by atoms with E-state index in [1.165, 1.54) is 4.88 Å². The second kappa shape index (κ2) is 6.29. The van der Waals surface area contributed by atoms with Crippen LogP contribution in [0.5, 0.6) is 0 Å². The Bertz CT molecular complexity index is 705. The van der Waals surface area contributed by atoms with Crippen molar-refractivity contribution in [1.82, 2.24) is 15.3 Å². The quantitative estimate of drug-likeness (QED) is 0.876. The van der Waals surface area contributed by atoms with Crippen LogP contribution in [0, 0.1) is 5.92 Å². The summed E-state index contributed by atoms with van der Waals surface area (Å²) < 4.78 is 0. The van der Waals surface area contributed by atoms with Gasteiger partial charge in [-0.2, -0.15) is 0 Å². The maximum Gasteiger partial charge on any atom is 0.225 e. The minimum Gasteiger partial charge on any atom is -0.338 e. The Morgan fingerprint density at radius 3 is 3.04 bits per heavy atom. The first-order chi connectivity index (χ1) is 11.6. The van der Waals surface area contributed by atoms with Gasteiger partial charge < -0.3 is 10.6 Å². The van der Waals surface area contributed by atoms with E-state index in [9.17, 15) is 0 Å². The fourth-order valence-electron chi connectivity index (χ4n) is 3.66. The highest BCUT2D eigenvalue weighted by Crippen LogP contribution is 2.45. The monoisotopic (exact) mass is 361 g/mol. The first kappa shape index (κ1) is 16.3. The van der Waals surface area contributed by atoms with Gasteiger partial charge in [-0.25, -0.2) is 9.97 Å². The molecular formula is C17H23N5S2. The van der Waals surface area contributed by atoms with Crippen molar-refractivity contribution < 1.29 is 0 Å². The topological polar surface area (TPSA) is 67.1 Å². The van der Waals surface area contributed by atoms with Gasteiger partial charge in [0.1, 0.15) is 5.50 Å². The van der Waals surface area contributed by atoms with Crippen LogP contribution in [0.1, 0.15) is 30.3 Å². The van der Waals surface area contributed by atoms with Gasteiger partial charge in [0.25, 0.3) is 0 Å². The van der Waals surface area contributed by atoms with Crippen molar-refractivity contribution in [2.75, 3.05) is 23.7 Å². The lowest BCUT2D eigenvalue weighted by Gasteiger charge is -2.41. The summed E-state index contributed by atoms with van der Waals surface area (Å²) in [6.07, 6.45) is 1.88. The van der Waals surface area contributed by atoms with Gasteiger partial charge in [0.2, 0.25) is 5.95 Å². The summed E-state index contributed by atoms with van der Waals surface area (Å²) in [5.74, 6) is 2.82. The van der Waals surface area contributed by atoms with E-state index in [1.807, 2.05) is 23.6 Å². The number of hydrogen-bond donors (Lipinski definition) is 2. The van der Waals surface area contributed by atoms with Crippen molar-refractivity contribution in [3.05, 3.63) is 40.3 Å². The number of thioether (sulfide) groups is 1.